The first-order valence-corrected chi connectivity index (χ1v) is 6.98. The number of hydrogen-bond donors (Lipinski definition) is 1. The second-order valence-corrected chi connectivity index (χ2v) is 4.94. The van der Waals surface area contributed by atoms with Crippen LogP contribution in [0.1, 0.15) is 50.5 Å². The van der Waals surface area contributed by atoms with Crippen LogP contribution in [0.2, 0.25) is 0 Å². The fourth-order valence-electron chi connectivity index (χ4n) is 2.35. The maximum absolute atomic E-state index is 5.97. The van der Waals surface area contributed by atoms with E-state index in [1.807, 2.05) is 0 Å². The van der Waals surface area contributed by atoms with Crippen LogP contribution in [0.4, 0.5) is 0 Å². The Balaban J connectivity index is 2.26. The van der Waals surface area contributed by atoms with Gasteiger partial charge in [-0.3, -0.25) is 0 Å². The zero-order valence-electron chi connectivity index (χ0n) is 11.6. The van der Waals surface area contributed by atoms with E-state index in [-0.39, 0.29) is 0 Å². The summed E-state index contributed by atoms with van der Waals surface area (Å²) in [6.45, 7) is 7.46. The molecule has 0 aliphatic carbocycles. The highest BCUT2D eigenvalue weighted by Crippen LogP contribution is 2.27. The molecule has 1 atom stereocenters. The molecule has 1 aromatic heterocycles. The van der Waals surface area contributed by atoms with Gasteiger partial charge in [-0.05, 0) is 38.1 Å². The molecule has 2 heteroatoms. The van der Waals surface area contributed by atoms with Gasteiger partial charge in [-0.15, -0.1) is 0 Å². The number of unbranched alkanes of at least 4 members (excludes halogenated alkanes) is 1. The van der Waals surface area contributed by atoms with Gasteiger partial charge in [0.15, 0.2) is 0 Å². The third-order valence-electron chi connectivity index (χ3n) is 3.33. The van der Waals surface area contributed by atoms with Crippen molar-refractivity contribution in [1.29, 1.82) is 0 Å². The van der Waals surface area contributed by atoms with Crippen molar-refractivity contribution in [3.63, 3.8) is 0 Å². The summed E-state index contributed by atoms with van der Waals surface area (Å²) in [5.41, 5.74) is 2.28. The van der Waals surface area contributed by atoms with Gasteiger partial charge in [0, 0.05) is 5.39 Å². The lowest BCUT2D eigenvalue weighted by Gasteiger charge is -2.14. The molecule has 0 aliphatic rings. The molecule has 0 aliphatic heterocycles. The molecule has 0 fully saturated rings. The molecule has 0 amide bonds. The predicted octanol–water partition coefficient (Wildman–Crippen LogP) is 4.58. The molecule has 1 heterocycles. The van der Waals surface area contributed by atoms with E-state index in [1.165, 1.54) is 23.8 Å². The van der Waals surface area contributed by atoms with Gasteiger partial charge >= 0.3 is 0 Å². The highest BCUT2D eigenvalue weighted by molar-refractivity contribution is 5.78. The van der Waals surface area contributed by atoms with E-state index < -0.39 is 0 Å². The van der Waals surface area contributed by atoms with E-state index in [2.05, 4.69) is 50.4 Å². The first kappa shape index (κ1) is 13.2. The molecule has 0 saturated heterocycles. The molecule has 0 saturated carbocycles. The van der Waals surface area contributed by atoms with Crippen molar-refractivity contribution in [3.8, 4) is 0 Å². The Kier molecular flexibility index (Phi) is 4.43. The van der Waals surface area contributed by atoms with Gasteiger partial charge < -0.3 is 9.73 Å². The number of hydrogen-bond acceptors (Lipinski definition) is 2. The monoisotopic (exact) mass is 245 g/mol. The Morgan fingerprint density at radius 2 is 2.06 bits per heavy atom. The van der Waals surface area contributed by atoms with Crippen LogP contribution in [-0.4, -0.2) is 6.54 Å². The summed E-state index contributed by atoms with van der Waals surface area (Å²) >= 11 is 0. The number of aryl methyl sites for hydroxylation is 1. The Morgan fingerprint density at radius 3 is 2.78 bits per heavy atom. The maximum atomic E-state index is 5.97. The van der Waals surface area contributed by atoms with E-state index >= 15 is 0 Å². The number of fused-ring (bicyclic) bond motifs is 1. The molecule has 2 rings (SSSR count). The lowest BCUT2D eigenvalue weighted by molar-refractivity contribution is 0.408. The second kappa shape index (κ2) is 6.05. The zero-order chi connectivity index (χ0) is 13.0. The molecular weight excluding hydrogens is 222 g/mol. The molecule has 2 aromatic rings. The van der Waals surface area contributed by atoms with Crippen LogP contribution in [0.3, 0.4) is 0 Å². The summed E-state index contributed by atoms with van der Waals surface area (Å²) in [6.07, 6.45) is 3.60. The zero-order valence-corrected chi connectivity index (χ0v) is 11.6. The first-order chi connectivity index (χ1) is 8.74. The van der Waals surface area contributed by atoms with Crippen molar-refractivity contribution in [2.75, 3.05) is 6.54 Å². The lowest BCUT2D eigenvalue weighted by atomic mass is 10.1. The van der Waals surface area contributed by atoms with Crippen molar-refractivity contribution in [2.45, 2.75) is 46.1 Å². The fraction of sp³-hybridized carbons (Fsp3) is 0.500. The molecule has 1 aromatic carbocycles. The van der Waals surface area contributed by atoms with Crippen molar-refractivity contribution in [3.05, 3.63) is 35.6 Å². The predicted molar refractivity (Wildman–Crippen MR) is 76.9 cm³/mol. The van der Waals surface area contributed by atoms with E-state index in [0.29, 0.717) is 6.04 Å². The summed E-state index contributed by atoms with van der Waals surface area (Å²) in [6, 6.07) is 8.89. The van der Waals surface area contributed by atoms with E-state index in [0.717, 1.165) is 24.3 Å². The Bertz CT molecular complexity index is 501. The van der Waals surface area contributed by atoms with Gasteiger partial charge in [-0.25, -0.2) is 0 Å². The summed E-state index contributed by atoms with van der Waals surface area (Å²) in [5.74, 6) is 1.07. The molecule has 2 nitrogen and oxygen atoms in total. The fourth-order valence-corrected chi connectivity index (χ4v) is 2.35. The van der Waals surface area contributed by atoms with Gasteiger partial charge in [0.1, 0.15) is 11.3 Å². The molecule has 1 unspecified atom stereocenters. The smallest absolute Gasteiger partial charge is 0.134 e. The summed E-state index contributed by atoms with van der Waals surface area (Å²) in [7, 11) is 0. The van der Waals surface area contributed by atoms with Crippen LogP contribution >= 0.6 is 0 Å². The quantitative estimate of drug-likeness (QED) is 0.805. The van der Waals surface area contributed by atoms with Crippen LogP contribution in [0.25, 0.3) is 11.0 Å². The third kappa shape index (κ3) is 2.94. The topological polar surface area (TPSA) is 25.2 Å². The summed E-state index contributed by atoms with van der Waals surface area (Å²) in [4.78, 5) is 0. The van der Waals surface area contributed by atoms with Crippen LogP contribution < -0.4 is 5.32 Å². The second-order valence-electron chi connectivity index (χ2n) is 4.94. The minimum atomic E-state index is 0.350. The third-order valence-corrected chi connectivity index (χ3v) is 3.33. The highest BCUT2D eigenvalue weighted by atomic mass is 16.3. The number of nitrogens with one attached hydrogen (secondary N) is 1. The maximum Gasteiger partial charge on any atom is 0.134 e. The van der Waals surface area contributed by atoms with Crippen LogP contribution in [-0.2, 0) is 0 Å². The Morgan fingerprint density at radius 1 is 1.22 bits per heavy atom. The van der Waals surface area contributed by atoms with Gasteiger partial charge in [0.2, 0.25) is 0 Å². The van der Waals surface area contributed by atoms with E-state index in [4.69, 9.17) is 4.42 Å². The van der Waals surface area contributed by atoms with Crippen molar-refractivity contribution >= 4 is 11.0 Å². The van der Waals surface area contributed by atoms with E-state index in [9.17, 15) is 0 Å². The molecule has 98 valence electrons. The van der Waals surface area contributed by atoms with Crippen LogP contribution in [0.5, 0.6) is 0 Å². The normalized spacial score (nSPS) is 13.1. The summed E-state index contributed by atoms with van der Waals surface area (Å²) < 4.78 is 5.97. The van der Waals surface area contributed by atoms with Gasteiger partial charge in [0.05, 0.1) is 6.04 Å². The number of furan rings is 1. The standard InChI is InChI=1S/C16H23NO/c1-4-6-7-14(17-5-2)16-11-13-10-12(3)8-9-15(13)18-16/h8-11,14,17H,4-7H2,1-3H3. The first-order valence-electron chi connectivity index (χ1n) is 6.98. The number of benzene rings is 1. The SMILES string of the molecule is CCCCC(NCC)c1cc2cc(C)ccc2o1. The molecule has 0 spiro atoms. The van der Waals surface area contributed by atoms with Gasteiger partial charge in [-0.1, -0.05) is 38.3 Å². The van der Waals surface area contributed by atoms with Crippen molar-refractivity contribution in [2.24, 2.45) is 0 Å². The minimum Gasteiger partial charge on any atom is -0.459 e. The van der Waals surface area contributed by atoms with E-state index in [1.54, 1.807) is 0 Å². The van der Waals surface area contributed by atoms with Crippen molar-refractivity contribution < 1.29 is 4.42 Å². The van der Waals surface area contributed by atoms with Crippen molar-refractivity contribution in [1.82, 2.24) is 5.32 Å². The average molecular weight is 245 g/mol. The Labute approximate surface area is 109 Å². The Hall–Kier alpha value is -1.28. The number of rotatable bonds is 6. The largest absolute Gasteiger partial charge is 0.459 e. The molecule has 1 N–H and O–H groups in total. The highest BCUT2D eigenvalue weighted by Gasteiger charge is 2.14. The van der Waals surface area contributed by atoms with Crippen LogP contribution in [0.15, 0.2) is 28.7 Å². The van der Waals surface area contributed by atoms with Gasteiger partial charge in [0.25, 0.3) is 0 Å². The molecule has 18 heavy (non-hydrogen) atoms. The molecule has 0 bridgehead atoms. The van der Waals surface area contributed by atoms with Gasteiger partial charge in [-0.2, -0.15) is 0 Å². The summed E-state index contributed by atoms with van der Waals surface area (Å²) in [5, 5.41) is 4.73. The minimum absolute atomic E-state index is 0.350. The molecule has 0 radical (unpaired) electrons. The van der Waals surface area contributed by atoms with Crippen LogP contribution in [0, 0.1) is 6.92 Å². The average Bonchev–Trinajstić information content (AvgIpc) is 2.77. The lowest BCUT2D eigenvalue weighted by Crippen LogP contribution is -2.20. The molecular formula is C16H23NO.